The molecule has 2 atom stereocenters. The molecule has 1 nitrogen and oxygen atoms in total. The Labute approximate surface area is 92.9 Å². The molecular formula is C14H21N. The van der Waals surface area contributed by atoms with Crippen LogP contribution in [-0.2, 0) is 6.54 Å². The van der Waals surface area contributed by atoms with E-state index in [1.165, 1.54) is 18.4 Å². The van der Waals surface area contributed by atoms with Crippen LogP contribution in [0.5, 0.6) is 0 Å². The topological polar surface area (TPSA) is 12.0 Å². The zero-order chi connectivity index (χ0) is 10.7. The standard InChI is InChI=1S/C14H21N/c1-11-8-14(9-12(11)2)15-10-13-6-4-3-5-7-13/h3-7,11-12,14-15H,8-10H2,1-2H3. The highest BCUT2D eigenvalue weighted by Crippen LogP contribution is 2.30. The normalized spacial score (nSPS) is 30.7. The van der Waals surface area contributed by atoms with Crippen LogP contribution in [-0.4, -0.2) is 6.04 Å². The predicted molar refractivity (Wildman–Crippen MR) is 64.6 cm³/mol. The molecule has 1 aromatic rings. The van der Waals surface area contributed by atoms with E-state index < -0.39 is 0 Å². The highest BCUT2D eigenvalue weighted by molar-refractivity contribution is 5.14. The summed E-state index contributed by atoms with van der Waals surface area (Å²) in [6.07, 6.45) is 2.68. The molecule has 1 saturated carbocycles. The zero-order valence-corrected chi connectivity index (χ0v) is 9.74. The molecule has 0 amide bonds. The zero-order valence-electron chi connectivity index (χ0n) is 9.74. The van der Waals surface area contributed by atoms with Gasteiger partial charge in [0.2, 0.25) is 0 Å². The van der Waals surface area contributed by atoms with Gasteiger partial charge in [0, 0.05) is 12.6 Å². The molecule has 0 heterocycles. The molecule has 0 aliphatic heterocycles. The molecule has 1 fully saturated rings. The molecule has 1 aromatic carbocycles. The lowest BCUT2D eigenvalue weighted by molar-refractivity contribution is 0.457. The SMILES string of the molecule is CC1CC(NCc2ccccc2)CC1C. The first-order valence-corrected chi connectivity index (χ1v) is 6.03. The van der Waals surface area contributed by atoms with Crippen LogP contribution in [0.25, 0.3) is 0 Å². The van der Waals surface area contributed by atoms with E-state index in [0.717, 1.165) is 24.4 Å². The van der Waals surface area contributed by atoms with Crippen molar-refractivity contribution >= 4 is 0 Å². The smallest absolute Gasteiger partial charge is 0.0208 e. The molecule has 1 N–H and O–H groups in total. The summed E-state index contributed by atoms with van der Waals surface area (Å²) in [5.41, 5.74) is 1.39. The average Bonchev–Trinajstić information content (AvgIpc) is 2.57. The molecule has 82 valence electrons. The number of hydrogen-bond donors (Lipinski definition) is 1. The second-order valence-electron chi connectivity index (χ2n) is 4.99. The van der Waals surface area contributed by atoms with E-state index in [4.69, 9.17) is 0 Å². The molecule has 15 heavy (non-hydrogen) atoms. The van der Waals surface area contributed by atoms with Gasteiger partial charge in [-0.3, -0.25) is 0 Å². The van der Waals surface area contributed by atoms with Gasteiger partial charge >= 0.3 is 0 Å². The third-order valence-corrected chi connectivity index (χ3v) is 3.72. The summed E-state index contributed by atoms with van der Waals surface area (Å²) < 4.78 is 0. The summed E-state index contributed by atoms with van der Waals surface area (Å²) >= 11 is 0. The Balaban J connectivity index is 1.80. The Morgan fingerprint density at radius 2 is 1.67 bits per heavy atom. The van der Waals surface area contributed by atoms with Gasteiger partial charge in [0.05, 0.1) is 0 Å². The first-order chi connectivity index (χ1) is 7.25. The van der Waals surface area contributed by atoms with Crippen LogP contribution in [0.3, 0.4) is 0 Å². The predicted octanol–water partition coefficient (Wildman–Crippen LogP) is 3.21. The molecule has 0 aromatic heterocycles. The minimum atomic E-state index is 0.732. The van der Waals surface area contributed by atoms with E-state index in [-0.39, 0.29) is 0 Å². The maximum absolute atomic E-state index is 3.66. The van der Waals surface area contributed by atoms with E-state index in [0.29, 0.717) is 0 Å². The summed E-state index contributed by atoms with van der Waals surface area (Å²) in [7, 11) is 0. The van der Waals surface area contributed by atoms with Crippen LogP contribution < -0.4 is 5.32 Å². The maximum atomic E-state index is 3.66. The molecular weight excluding hydrogens is 182 g/mol. The van der Waals surface area contributed by atoms with E-state index >= 15 is 0 Å². The summed E-state index contributed by atoms with van der Waals surface area (Å²) in [5, 5.41) is 3.66. The molecule has 1 aliphatic carbocycles. The minimum absolute atomic E-state index is 0.732. The van der Waals surface area contributed by atoms with Crippen molar-refractivity contribution < 1.29 is 0 Å². The number of rotatable bonds is 3. The first-order valence-electron chi connectivity index (χ1n) is 6.03. The molecule has 0 spiro atoms. The fraction of sp³-hybridized carbons (Fsp3) is 0.571. The quantitative estimate of drug-likeness (QED) is 0.795. The largest absolute Gasteiger partial charge is 0.310 e. The van der Waals surface area contributed by atoms with Crippen LogP contribution in [0, 0.1) is 11.8 Å². The number of nitrogens with one attached hydrogen (secondary N) is 1. The number of benzene rings is 1. The van der Waals surface area contributed by atoms with Gasteiger partial charge in [-0.15, -0.1) is 0 Å². The monoisotopic (exact) mass is 203 g/mol. The molecule has 0 radical (unpaired) electrons. The summed E-state index contributed by atoms with van der Waals surface area (Å²) in [6.45, 7) is 5.76. The molecule has 2 unspecified atom stereocenters. The molecule has 1 aliphatic rings. The van der Waals surface area contributed by atoms with Crippen LogP contribution in [0.15, 0.2) is 30.3 Å². The van der Waals surface area contributed by atoms with Crippen molar-refractivity contribution in [2.75, 3.05) is 0 Å². The maximum Gasteiger partial charge on any atom is 0.0208 e. The van der Waals surface area contributed by atoms with Crippen molar-refractivity contribution in [3.05, 3.63) is 35.9 Å². The van der Waals surface area contributed by atoms with E-state index in [1.54, 1.807) is 0 Å². The van der Waals surface area contributed by atoms with Crippen LogP contribution in [0.2, 0.25) is 0 Å². The fourth-order valence-electron chi connectivity index (χ4n) is 2.48. The summed E-state index contributed by atoms with van der Waals surface area (Å²) in [6, 6.07) is 11.4. The van der Waals surface area contributed by atoms with Crippen molar-refractivity contribution in [2.24, 2.45) is 11.8 Å². The van der Waals surface area contributed by atoms with E-state index in [9.17, 15) is 0 Å². The lowest BCUT2D eigenvalue weighted by atomic mass is 10.0. The second kappa shape index (κ2) is 4.80. The Bertz CT molecular complexity index is 283. The lowest BCUT2D eigenvalue weighted by Gasteiger charge is -2.12. The fourth-order valence-corrected chi connectivity index (χ4v) is 2.48. The van der Waals surface area contributed by atoms with Crippen molar-refractivity contribution in [2.45, 2.75) is 39.3 Å². The molecule has 0 saturated heterocycles. The van der Waals surface area contributed by atoms with Gasteiger partial charge in [0.15, 0.2) is 0 Å². The molecule has 0 bridgehead atoms. The van der Waals surface area contributed by atoms with Crippen molar-refractivity contribution in [3.8, 4) is 0 Å². The third kappa shape index (κ3) is 2.82. The second-order valence-corrected chi connectivity index (χ2v) is 4.99. The molecule has 1 heteroatoms. The van der Waals surface area contributed by atoms with Crippen molar-refractivity contribution in [1.29, 1.82) is 0 Å². The van der Waals surface area contributed by atoms with Crippen LogP contribution in [0.1, 0.15) is 32.3 Å². The van der Waals surface area contributed by atoms with Crippen molar-refractivity contribution in [3.63, 3.8) is 0 Å². The van der Waals surface area contributed by atoms with Gasteiger partial charge in [-0.2, -0.15) is 0 Å². The van der Waals surface area contributed by atoms with Crippen LogP contribution >= 0.6 is 0 Å². The van der Waals surface area contributed by atoms with Gasteiger partial charge in [-0.05, 0) is 30.2 Å². The van der Waals surface area contributed by atoms with Gasteiger partial charge in [0.25, 0.3) is 0 Å². The lowest BCUT2D eigenvalue weighted by Crippen LogP contribution is -2.25. The Kier molecular flexibility index (Phi) is 3.42. The van der Waals surface area contributed by atoms with E-state index in [2.05, 4.69) is 49.5 Å². The highest BCUT2D eigenvalue weighted by Gasteiger charge is 2.27. The van der Waals surface area contributed by atoms with E-state index in [1.807, 2.05) is 0 Å². The Morgan fingerprint density at radius 3 is 2.27 bits per heavy atom. The molecule has 2 rings (SSSR count). The van der Waals surface area contributed by atoms with Gasteiger partial charge in [-0.1, -0.05) is 44.2 Å². The Hall–Kier alpha value is -0.820. The van der Waals surface area contributed by atoms with Gasteiger partial charge in [-0.25, -0.2) is 0 Å². The number of hydrogen-bond acceptors (Lipinski definition) is 1. The summed E-state index contributed by atoms with van der Waals surface area (Å²) in [5.74, 6) is 1.77. The summed E-state index contributed by atoms with van der Waals surface area (Å²) in [4.78, 5) is 0. The third-order valence-electron chi connectivity index (χ3n) is 3.72. The first kappa shape index (κ1) is 10.7. The minimum Gasteiger partial charge on any atom is -0.310 e. The highest BCUT2D eigenvalue weighted by atomic mass is 14.9. The van der Waals surface area contributed by atoms with Crippen molar-refractivity contribution in [1.82, 2.24) is 5.32 Å². The Morgan fingerprint density at radius 1 is 1.07 bits per heavy atom. The average molecular weight is 203 g/mol. The van der Waals surface area contributed by atoms with Crippen LogP contribution in [0.4, 0.5) is 0 Å². The van der Waals surface area contributed by atoms with Gasteiger partial charge < -0.3 is 5.32 Å². The van der Waals surface area contributed by atoms with Gasteiger partial charge in [0.1, 0.15) is 0 Å².